The Balaban J connectivity index is 2.19. The van der Waals surface area contributed by atoms with Gasteiger partial charge >= 0.3 is 5.69 Å². The second-order valence-electron chi connectivity index (χ2n) is 4.86. The number of nitrogens with zero attached hydrogens (tertiary/aromatic N) is 1. The van der Waals surface area contributed by atoms with Crippen LogP contribution in [-0.4, -0.2) is 16.7 Å². The molecule has 3 aromatic rings. The van der Waals surface area contributed by atoms with Crippen molar-refractivity contribution in [2.75, 3.05) is 7.11 Å². The van der Waals surface area contributed by atoms with Crippen LogP contribution >= 0.6 is 15.9 Å². The second-order valence-corrected chi connectivity index (χ2v) is 5.71. The molecule has 0 saturated heterocycles. The Kier molecular flexibility index (Phi) is 3.94. The van der Waals surface area contributed by atoms with E-state index in [9.17, 15) is 4.79 Å². The van der Waals surface area contributed by atoms with Crippen LogP contribution in [0.3, 0.4) is 0 Å². The highest BCUT2D eigenvalue weighted by Crippen LogP contribution is 2.26. The first kappa shape index (κ1) is 14.1. The van der Waals surface area contributed by atoms with E-state index in [1.807, 2.05) is 42.5 Å². The summed E-state index contributed by atoms with van der Waals surface area (Å²) in [5.41, 5.74) is 3.67. The van der Waals surface area contributed by atoms with E-state index in [0.29, 0.717) is 13.2 Å². The largest absolute Gasteiger partial charge is 0.380 e. The molecule has 0 aliphatic heterocycles. The zero-order valence-electron chi connectivity index (χ0n) is 11.6. The molecule has 0 atom stereocenters. The minimum Gasteiger partial charge on any atom is -0.380 e. The smallest absolute Gasteiger partial charge is 0.326 e. The number of fused-ring (bicyclic) bond motifs is 1. The summed E-state index contributed by atoms with van der Waals surface area (Å²) in [7, 11) is 1.65. The van der Waals surface area contributed by atoms with Crippen LogP contribution < -0.4 is 5.69 Å². The predicted molar refractivity (Wildman–Crippen MR) is 86.5 cm³/mol. The summed E-state index contributed by atoms with van der Waals surface area (Å²) in [6, 6.07) is 13.8. The predicted octanol–water partition coefficient (Wildman–Crippen LogP) is 3.29. The average molecular weight is 347 g/mol. The third-order valence-electron chi connectivity index (χ3n) is 3.45. The summed E-state index contributed by atoms with van der Waals surface area (Å²) in [5, 5.41) is 0. The molecule has 2 aromatic carbocycles. The first-order chi connectivity index (χ1) is 10.2. The van der Waals surface area contributed by atoms with Gasteiger partial charge in [-0.15, -0.1) is 0 Å². The molecule has 1 heterocycles. The molecule has 0 fully saturated rings. The highest BCUT2D eigenvalue weighted by Gasteiger charge is 2.14. The number of aromatic amines is 1. The molecule has 0 spiro atoms. The molecule has 0 bridgehead atoms. The van der Waals surface area contributed by atoms with Crippen LogP contribution in [0.5, 0.6) is 0 Å². The maximum atomic E-state index is 12.3. The van der Waals surface area contributed by atoms with Crippen molar-refractivity contribution in [3.05, 3.63) is 68.5 Å². The van der Waals surface area contributed by atoms with E-state index >= 15 is 0 Å². The summed E-state index contributed by atoms with van der Waals surface area (Å²) >= 11 is 3.54. The third-order valence-corrected chi connectivity index (χ3v) is 4.20. The minimum absolute atomic E-state index is 0.107. The van der Waals surface area contributed by atoms with E-state index in [0.717, 1.165) is 26.6 Å². The average Bonchev–Trinajstić information content (AvgIpc) is 2.80. The van der Waals surface area contributed by atoms with Gasteiger partial charge in [-0.1, -0.05) is 46.3 Å². The van der Waals surface area contributed by atoms with Crippen LogP contribution in [0.25, 0.3) is 11.0 Å². The molecular formula is C16H15BrN2O2. The standard InChI is InChI=1S/C16H15BrN2O2/c1-21-10-12-13(17)7-8-14-15(12)19(16(20)18-14)9-11-5-3-2-4-6-11/h2-8H,9-10H2,1H3,(H,18,20). The molecule has 4 nitrogen and oxygen atoms in total. The Morgan fingerprint density at radius 3 is 2.67 bits per heavy atom. The van der Waals surface area contributed by atoms with E-state index in [1.165, 1.54) is 0 Å². The number of halogens is 1. The lowest BCUT2D eigenvalue weighted by Crippen LogP contribution is -2.18. The van der Waals surface area contributed by atoms with Gasteiger partial charge in [-0.2, -0.15) is 0 Å². The number of imidazole rings is 1. The van der Waals surface area contributed by atoms with Gasteiger partial charge < -0.3 is 9.72 Å². The molecule has 1 aromatic heterocycles. The highest BCUT2D eigenvalue weighted by atomic mass is 79.9. The normalized spacial score (nSPS) is 11.1. The van der Waals surface area contributed by atoms with Crippen molar-refractivity contribution < 1.29 is 4.74 Å². The van der Waals surface area contributed by atoms with Crippen molar-refractivity contribution >= 4 is 27.0 Å². The van der Waals surface area contributed by atoms with Crippen molar-refractivity contribution in [2.45, 2.75) is 13.2 Å². The van der Waals surface area contributed by atoms with Crippen LogP contribution in [0.1, 0.15) is 11.1 Å². The summed E-state index contributed by atoms with van der Waals surface area (Å²) in [6.45, 7) is 0.983. The lowest BCUT2D eigenvalue weighted by Gasteiger charge is -2.09. The number of rotatable bonds is 4. The fourth-order valence-corrected chi connectivity index (χ4v) is 2.94. The first-order valence-electron chi connectivity index (χ1n) is 6.63. The van der Waals surface area contributed by atoms with Gasteiger partial charge in [0.25, 0.3) is 0 Å². The highest BCUT2D eigenvalue weighted by molar-refractivity contribution is 9.10. The van der Waals surface area contributed by atoms with Crippen LogP contribution in [0.15, 0.2) is 51.7 Å². The van der Waals surface area contributed by atoms with Crippen LogP contribution in [-0.2, 0) is 17.9 Å². The van der Waals surface area contributed by atoms with E-state index < -0.39 is 0 Å². The van der Waals surface area contributed by atoms with Crippen molar-refractivity contribution in [1.29, 1.82) is 0 Å². The van der Waals surface area contributed by atoms with Gasteiger partial charge in [0.15, 0.2) is 0 Å². The lowest BCUT2D eigenvalue weighted by molar-refractivity contribution is 0.185. The van der Waals surface area contributed by atoms with Gasteiger partial charge in [0.2, 0.25) is 0 Å². The van der Waals surface area contributed by atoms with E-state index in [4.69, 9.17) is 4.74 Å². The molecule has 0 amide bonds. The molecule has 3 rings (SSSR count). The molecule has 0 unspecified atom stereocenters. The molecular weight excluding hydrogens is 332 g/mol. The number of aromatic nitrogens is 2. The molecule has 5 heteroatoms. The Hall–Kier alpha value is -1.85. The topological polar surface area (TPSA) is 47.0 Å². The second kappa shape index (κ2) is 5.87. The fraction of sp³-hybridized carbons (Fsp3) is 0.188. The maximum absolute atomic E-state index is 12.3. The number of H-pyrrole nitrogens is 1. The molecule has 0 saturated carbocycles. The van der Waals surface area contributed by atoms with E-state index in [-0.39, 0.29) is 5.69 Å². The zero-order valence-corrected chi connectivity index (χ0v) is 13.2. The van der Waals surface area contributed by atoms with Gasteiger partial charge in [-0.3, -0.25) is 4.57 Å². The van der Waals surface area contributed by atoms with Crippen molar-refractivity contribution in [1.82, 2.24) is 9.55 Å². The van der Waals surface area contributed by atoms with E-state index in [1.54, 1.807) is 11.7 Å². The van der Waals surface area contributed by atoms with Gasteiger partial charge in [-0.25, -0.2) is 4.79 Å². The number of hydrogen-bond donors (Lipinski definition) is 1. The minimum atomic E-state index is -0.107. The maximum Gasteiger partial charge on any atom is 0.326 e. The molecule has 108 valence electrons. The van der Waals surface area contributed by atoms with Gasteiger partial charge in [-0.05, 0) is 17.7 Å². The molecule has 1 N–H and O–H groups in total. The monoisotopic (exact) mass is 346 g/mol. The van der Waals surface area contributed by atoms with E-state index in [2.05, 4.69) is 20.9 Å². The SMILES string of the molecule is COCc1c(Br)ccc2[nH]c(=O)n(Cc3ccccc3)c12. The van der Waals surface area contributed by atoms with Gasteiger partial charge in [0.05, 0.1) is 24.2 Å². The number of hydrogen-bond acceptors (Lipinski definition) is 2. The Bertz CT molecular complexity index is 821. The summed E-state index contributed by atoms with van der Waals surface area (Å²) in [5.74, 6) is 0. The number of benzene rings is 2. The quantitative estimate of drug-likeness (QED) is 0.787. The Morgan fingerprint density at radius 2 is 1.95 bits per heavy atom. The summed E-state index contributed by atoms with van der Waals surface area (Å²) in [4.78, 5) is 15.2. The number of ether oxygens (including phenoxy) is 1. The molecule has 0 radical (unpaired) electrons. The number of methoxy groups -OCH3 is 1. The van der Waals surface area contributed by atoms with Crippen LogP contribution in [0, 0.1) is 0 Å². The fourth-order valence-electron chi connectivity index (χ4n) is 2.50. The van der Waals surface area contributed by atoms with Gasteiger partial charge in [0, 0.05) is 17.1 Å². The summed E-state index contributed by atoms with van der Waals surface area (Å²) < 4.78 is 7.97. The Morgan fingerprint density at radius 1 is 1.19 bits per heavy atom. The number of nitrogens with one attached hydrogen (secondary N) is 1. The molecule has 0 aliphatic carbocycles. The zero-order chi connectivity index (χ0) is 14.8. The van der Waals surface area contributed by atoms with Crippen molar-refractivity contribution in [3.8, 4) is 0 Å². The van der Waals surface area contributed by atoms with Crippen molar-refractivity contribution in [3.63, 3.8) is 0 Å². The third kappa shape index (κ3) is 2.66. The molecule has 0 aliphatic rings. The lowest BCUT2D eigenvalue weighted by atomic mass is 10.1. The Labute approximate surface area is 130 Å². The van der Waals surface area contributed by atoms with Gasteiger partial charge in [0.1, 0.15) is 0 Å². The van der Waals surface area contributed by atoms with Crippen molar-refractivity contribution in [2.24, 2.45) is 0 Å². The first-order valence-corrected chi connectivity index (χ1v) is 7.42. The summed E-state index contributed by atoms with van der Waals surface area (Å²) in [6.07, 6.45) is 0. The van der Waals surface area contributed by atoms with Crippen LogP contribution in [0.2, 0.25) is 0 Å². The molecule has 21 heavy (non-hydrogen) atoms. The van der Waals surface area contributed by atoms with Crippen LogP contribution in [0.4, 0.5) is 0 Å².